The molecular formula is C53H86O6. The number of rotatable bonds is 41. The van der Waals surface area contributed by atoms with Crippen LogP contribution in [0.3, 0.4) is 0 Å². The lowest BCUT2D eigenvalue weighted by atomic mass is 10.1. The first-order valence-corrected chi connectivity index (χ1v) is 23.7. The van der Waals surface area contributed by atoms with Crippen LogP contribution in [0.4, 0.5) is 0 Å². The average molecular weight is 819 g/mol. The van der Waals surface area contributed by atoms with Gasteiger partial charge >= 0.3 is 17.9 Å². The summed E-state index contributed by atoms with van der Waals surface area (Å²) in [5.41, 5.74) is 0. The van der Waals surface area contributed by atoms with Gasteiger partial charge < -0.3 is 14.2 Å². The van der Waals surface area contributed by atoms with E-state index in [1.165, 1.54) is 25.7 Å². The van der Waals surface area contributed by atoms with Crippen molar-refractivity contribution in [3.05, 3.63) is 97.2 Å². The van der Waals surface area contributed by atoms with E-state index in [4.69, 9.17) is 14.2 Å². The van der Waals surface area contributed by atoms with Gasteiger partial charge in [0.2, 0.25) is 0 Å². The average Bonchev–Trinajstić information content (AvgIpc) is 3.23. The highest BCUT2D eigenvalue weighted by Gasteiger charge is 2.19. The number of esters is 3. The monoisotopic (exact) mass is 819 g/mol. The van der Waals surface area contributed by atoms with E-state index in [1.54, 1.807) is 0 Å². The first-order valence-electron chi connectivity index (χ1n) is 23.7. The highest BCUT2D eigenvalue weighted by Crippen LogP contribution is 2.13. The van der Waals surface area contributed by atoms with Gasteiger partial charge in [-0.15, -0.1) is 0 Å². The Hall–Kier alpha value is -3.67. The van der Waals surface area contributed by atoms with E-state index in [-0.39, 0.29) is 31.1 Å². The highest BCUT2D eigenvalue weighted by atomic mass is 16.6. The second-order valence-corrected chi connectivity index (χ2v) is 15.2. The molecule has 0 aliphatic carbocycles. The van der Waals surface area contributed by atoms with E-state index in [1.807, 2.05) is 0 Å². The molecule has 0 bridgehead atoms. The summed E-state index contributed by atoms with van der Waals surface area (Å²) in [5.74, 6) is -0.973. The molecule has 0 rings (SSSR count). The number of hydrogen-bond acceptors (Lipinski definition) is 6. The molecule has 0 aromatic heterocycles. The Balaban J connectivity index is 4.42. The normalized spacial score (nSPS) is 12.9. The van der Waals surface area contributed by atoms with Crippen molar-refractivity contribution in [3.63, 3.8) is 0 Å². The lowest BCUT2D eigenvalue weighted by Gasteiger charge is -2.18. The van der Waals surface area contributed by atoms with E-state index < -0.39 is 6.10 Å². The smallest absolute Gasteiger partial charge is 0.306 e. The van der Waals surface area contributed by atoms with Gasteiger partial charge in [-0.25, -0.2) is 0 Å². The molecule has 6 heteroatoms. The number of unbranched alkanes of at least 4 members (excludes halogenated alkanes) is 14. The van der Waals surface area contributed by atoms with Gasteiger partial charge in [-0.3, -0.25) is 14.4 Å². The fourth-order valence-corrected chi connectivity index (χ4v) is 6.09. The summed E-state index contributed by atoms with van der Waals surface area (Å²) in [5, 5.41) is 0. The van der Waals surface area contributed by atoms with Crippen LogP contribution in [0.5, 0.6) is 0 Å². The number of carbonyl (C=O) groups is 3. The lowest BCUT2D eigenvalue weighted by Crippen LogP contribution is -2.30. The van der Waals surface area contributed by atoms with Gasteiger partial charge in [0, 0.05) is 19.3 Å². The van der Waals surface area contributed by atoms with Crippen LogP contribution >= 0.6 is 0 Å². The van der Waals surface area contributed by atoms with Crippen molar-refractivity contribution in [2.24, 2.45) is 0 Å². The van der Waals surface area contributed by atoms with Crippen LogP contribution in [-0.4, -0.2) is 37.2 Å². The van der Waals surface area contributed by atoms with Crippen LogP contribution < -0.4 is 0 Å². The predicted molar refractivity (Wildman–Crippen MR) is 251 cm³/mol. The summed E-state index contributed by atoms with van der Waals surface area (Å²) in [6.07, 6.45) is 61.1. The zero-order chi connectivity index (χ0) is 43.0. The van der Waals surface area contributed by atoms with Gasteiger partial charge in [0.1, 0.15) is 13.2 Å². The molecule has 1 atom stereocenters. The summed E-state index contributed by atoms with van der Waals surface area (Å²) >= 11 is 0. The van der Waals surface area contributed by atoms with Crippen LogP contribution in [0.15, 0.2) is 97.2 Å². The summed E-state index contributed by atoms with van der Waals surface area (Å²) in [6.45, 7) is 6.22. The molecule has 0 aromatic carbocycles. The molecule has 0 aromatic rings. The largest absolute Gasteiger partial charge is 0.462 e. The minimum absolute atomic E-state index is 0.102. The zero-order valence-corrected chi connectivity index (χ0v) is 38.0. The van der Waals surface area contributed by atoms with Crippen LogP contribution in [-0.2, 0) is 28.6 Å². The Morgan fingerprint density at radius 2 is 0.610 bits per heavy atom. The van der Waals surface area contributed by atoms with E-state index in [0.717, 1.165) is 135 Å². The van der Waals surface area contributed by atoms with E-state index in [9.17, 15) is 14.4 Å². The molecule has 0 radical (unpaired) electrons. The van der Waals surface area contributed by atoms with Crippen LogP contribution in [0.25, 0.3) is 0 Å². The van der Waals surface area contributed by atoms with E-state index >= 15 is 0 Å². The Labute approximate surface area is 362 Å². The van der Waals surface area contributed by atoms with Crippen LogP contribution in [0.2, 0.25) is 0 Å². The van der Waals surface area contributed by atoms with Crippen molar-refractivity contribution in [2.45, 2.75) is 207 Å². The summed E-state index contributed by atoms with van der Waals surface area (Å²) < 4.78 is 16.7. The van der Waals surface area contributed by atoms with Gasteiger partial charge in [-0.2, -0.15) is 0 Å². The molecular weight excluding hydrogens is 733 g/mol. The Morgan fingerprint density at radius 3 is 0.983 bits per heavy atom. The minimum atomic E-state index is -0.802. The maximum absolute atomic E-state index is 12.7. The number of hydrogen-bond donors (Lipinski definition) is 0. The molecule has 0 aliphatic rings. The van der Waals surface area contributed by atoms with Crippen molar-refractivity contribution >= 4 is 17.9 Å². The van der Waals surface area contributed by atoms with E-state index in [0.29, 0.717) is 19.3 Å². The van der Waals surface area contributed by atoms with Gasteiger partial charge in [-0.05, 0) is 109 Å². The predicted octanol–water partition coefficient (Wildman–Crippen LogP) is 15.4. The summed E-state index contributed by atoms with van der Waals surface area (Å²) in [6, 6.07) is 0. The first kappa shape index (κ1) is 55.3. The molecule has 0 heterocycles. The maximum Gasteiger partial charge on any atom is 0.306 e. The fourth-order valence-electron chi connectivity index (χ4n) is 6.09. The third-order valence-corrected chi connectivity index (χ3v) is 9.56. The molecule has 0 fully saturated rings. The van der Waals surface area contributed by atoms with Crippen LogP contribution in [0.1, 0.15) is 201 Å². The molecule has 1 unspecified atom stereocenters. The standard InChI is InChI=1S/C53H86O6/c1-4-7-10-13-16-19-21-23-25-27-29-31-34-37-40-43-46-52(55)58-49-50(48-57-51(54)45-42-39-36-33-18-15-12-9-6-3)59-53(56)47-44-41-38-35-32-30-28-26-24-22-20-17-14-11-8-5-2/h7-12,16-20,23-26,33,50H,4-6,13-15,21-22,27-32,34-49H2,1-3H3/b10-7-,11-8-,12-9-,19-16-,20-17-,25-23-,26-24-,33-18-. The quantitative estimate of drug-likeness (QED) is 0.0265. The highest BCUT2D eigenvalue weighted by molar-refractivity contribution is 5.71. The molecule has 0 saturated heterocycles. The zero-order valence-electron chi connectivity index (χ0n) is 38.0. The molecule has 6 nitrogen and oxygen atoms in total. The Morgan fingerprint density at radius 1 is 0.339 bits per heavy atom. The molecule has 0 aliphatic heterocycles. The molecule has 0 saturated carbocycles. The maximum atomic E-state index is 12.7. The molecule has 334 valence electrons. The number of ether oxygens (including phenoxy) is 3. The fraction of sp³-hybridized carbons (Fsp3) is 0.642. The van der Waals surface area contributed by atoms with Crippen molar-refractivity contribution in [1.82, 2.24) is 0 Å². The molecule has 59 heavy (non-hydrogen) atoms. The topological polar surface area (TPSA) is 78.9 Å². The summed E-state index contributed by atoms with van der Waals surface area (Å²) in [7, 11) is 0. The second kappa shape index (κ2) is 47.0. The minimum Gasteiger partial charge on any atom is -0.462 e. The molecule has 0 spiro atoms. The molecule has 0 N–H and O–H groups in total. The van der Waals surface area contributed by atoms with Gasteiger partial charge in [0.25, 0.3) is 0 Å². The van der Waals surface area contributed by atoms with Crippen molar-refractivity contribution in [2.75, 3.05) is 13.2 Å². The number of carbonyl (C=O) groups excluding carboxylic acids is 3. The summed E-state index contributed by atoms with van der Waals surface area (Å²) in [4.78, 5) is 37.8. The van der Waals surface area contributed by atoms with Crippen molar-refractivity contribution in [1.29, 1.82) is 0 Å². The van der Waals surface area contributed by atoms with Gasteiger partial charge in [0.15, 0.2) is 6.10 Å². The van der Waals surface area contributed by atoms with E-state index in [2.05, 4.69) is 118 Å². The Bertz CT molecular complexity index is 1220. The third-order valence-electron chi connectivity index (χ3n) is 9.56. The second-order valence-electron chi connectivity index (χ2n) is 15.2. The number of allylic oxidation sites excluding steroid dienone is 16. The van der Waals surface area contributed by atoms with Crippen molar-refractivity contribution in [3.8, 4) is 0 Å². The molecule has 0 amide bonds. The van der Waals surface area contributed by atoms with Crippen LogP contribution in [0, 0.1) is 0 Å². The third kappa shape index (κ3) is 45.3. The van der Waals surface area contributed by atoms with Gasteiger partial charge in [0.05, 0.1) is 0 Å². The SMILES string of the molecule is CC/C=C\C/C=C\C/C=C\CCCCCCCCC(=O)OCC(COC(=O)CCCC/C=C\C/C=C\CC)OC(=O)CCCCCCCC/C=C\C/C=C\C/C=C\CC. The van der Waals surface area contributed by atoms with Crippen molar-refractivity contribution < 1.29 is 28.6 Å². The lowest BCUT2D eigenvalue weighted by molar-refractivity contribution is -0.167. The van der Waals surface area contributed by atoms with Gasteiger partial charge in [-0.1, -0.05) is 169 Å². The first-order chi connectivity index (χ1) is 29.0. The Kier molecular flexibility index (Phi) is 44.1.